The van der Waals surface area contributed by atoms with Crippen LogP contribution in [-0.2, 0) is 4.74 Å². The second-order valence-corrected chi connectivity index (χ2v) is 4.66. The molecule has 3 heteroatoms. The van der Waals surface area contributed by atoms with Crippen molar-refractivity contribution < 1.29 is 14.9 Å². The minimum Gasteiger partial charge on any atom is -0.508 e. The smallest absolute Gasteiger partial charge is 0.115 e. The highest BCUT2D eigenvalue weighted by Crippen LogP contribution is 2.35. The number of benzene rings is 1. The number of hydrogen-bond donors (Lipinski definition) is 2. The maximum atomic E-state index is 9.31. The highest BCUT2D eigenvalue weighted by Gasteiger charge is 2.24. The molecule has 0 bridgehead atoms. The molecular weight excluding hydrogens is 216 g/mol. The van der Waals surface area contributed by atoms with Gasteiger partial charge in [-0.2, -0.15) is 0 Å². The van der Waals surface area contributed by atoms with Gasteiger partial charge in [-0.3, -0.25) is 0 Å². The molecule has 1 aromatic carbocycles. The van der Waals surface area contributed by atoms with Crippen LogP contribution in [0.4, 0.5) is 0 Å². The molecule has 0 aromatic heterocycles. The van der Waals surface area contributed by atoms with E-state index in [1.54, 1.807) is 12.1 Å². The number of ether oxygens (including phenoxy) is 1. The molecule has 1 aliphatic rings. The van der Waals surface area contributed by atoms with Crippen LogP contribution in [0.25, 0.3) is 0 Å². The number of rotatable bonds is 4. The van der Waals surface area contributed by atoms with E-state index in [-0.39, 0.29) is 6.61 Å². The zero-order valence-corrected chi connectivity index (χ0v) is 10.0. The molecule has 1 atom stereocenters. The Kier molecular flexibility index (Phi) is 4.40. The fourth-order valence-electron chi connectivity index (χ4n) is 2.65. The van der Waals surface area contributed by atoms with Gasteiger partial charge < -0.3 is 14.9 Å². The van der Waals surface area contributed by atoms with Crippen LogP contribution in [-0.4, -0.2) is 30.0 Å². The van der Waals surface area contributed by atoms with E-state index in [9.17, 15) is 10.2 Å². The van der Waals surface area contributed by atoms with Crippen molar-refractivity contribution in [1.82, 2.24) is 0 Å². The molecule has 0 aliphatic carbocycles. The molecule has 0 saturated carbocycles. The minimum atomic E-state index is 0.211. The second-order valence-electron chi connectivity index (χ2n) is 4.66. The Balaban J connectivity index is 2.12. The normalized spacial score (nSPS) is 19.1. The summed E-state index contributed by atoms with van der Waals surface area (Å²) >= 11 is 0. The van der Waals surface area contributed by atoms with Gasteiger partial charge in [-0.1, -0.05) is 12.1 Å². The van der Waals surface area contributed by atoms with Crippen molar-refractivity contribution in [2.45, 2.75) is 25.2 Å². The van der Waals surface area contributed by atoms with Crippen LogP contribution >= 0.6 is 0 Å². The molecule has 94 valence electrons. The van der Waals surface area contributed by atoms with E-state index in [0.717, 1.165) is 32.5 Å². The average Bonchev–Trinajstić information content (AvgIpc) is 2.38. The molecule has 1 aromatic rings. The maximum absolute atomic E-state index is 9.31. The van der Waals surface area contributed by atoms with Crippen molar-refractivity contribution in [2.75, 3.05) is 19.8 Å². The lowest BCUT2D eigenvalue weighted by Crippen LogP contribution is -2.22. The minimum absolute atomic E-state index is 0.211. The molecular formula is C14H20O3. The third-order valence-corrected chi connectivity index (χ3v) is 3.60. The van der Waals surface area contributed by atoms with E-state index in [0.29, 0.717) is 17.6 Å². The lowest BCUT2D eigenvalue weighted by molar-refractivity contribution is 0.0544. The summed E-state index contributed by atoms with van der Waals surface area (Å²) in [6.07, 6.45) is 2.91. The van der Waals surface area contributed by atoms with Crippen LogP contribution in [0.1, 0.15) is 30.7 Å². The summed E-state index contributed by atoms with van der Waals surface area (Å²) in [5.74, 6) is 1.26. The monoisotopic (exact) mass is 236 g/mol. The Labute approximate surface area is 102 Å². The van der Waals surface area contributed by atoms with Gasteiger partial charge in [0, 0.05) is 19.8 Å². The summed E-state index contributed by atoms with van der Waals surface area (Å²) in [6.45, 7) is 1.86. The number of aromatic hydroxyl groups is 1. The third-order valence-electron chi connectivity index (χ3n) is 3.60. The Hall–Kier alpha value is -1.06. The largest absolute Gasteiger partial charge is 0.508 e. The lowest BCUT2D eigenvalue weighted by atomic mass is 9.79. The standard InChI is InChI=1S/C14H20O3/c15-8-5-14(12-6-9-17-10-7-12)11-1-3-13(16)4-2-11/h1-4,12,14-16H,5-10H2. The van der Waals surface area contributed by atoms with Crippen LogP contribution in [0.2, 0.25) is 0 Å². The summed E-state index contributed by atoms with van der Waals surface area (Å²) in [4.78, 5) is 0. The number of phenolic OH excluding ortho intramolecular Hbond substituents is 1. The highest BCUT2D eigenvalue weighted by molar-refractivity contribution is 5.28. The van der Waals surface area contributed by atoms with Gasteiger partial charge in [-0.15, -0.1) is 0 Å². The van der Waals surface area contributed by atoms with Gasteiger partial charge in [-0.05, 0) is 48.8 Å². The van der Waals surface area contributed by atoms with Crippen LogP contribution in [0.15, 0.2) is 24.3 Å². The van der Waals surface area contributed by atoms with Gasteiger partial charge >= 0.3 is 0 Å². The fourth-order valence-corrected chi connectivity index (χ4v) is 2.65. The van der Waals surface area contributed by atoms with Gasteiger partial charge in [0.25, 0.3) is 0 Å². The number of hydrogen-bond acceptors (Lipinski definition) is 3. The summed E-state index contributed by atoms with van der Waals surface area (Å²) in [7, 11) is 0. The van der Waals surface area contributed by atoms with Crippen molar-refractivity contribution in [3.63, 3.8) is 0 Å². The van der Waals surface area contributed by atoms with Gasteiger partial charge in [0.05, 0.1) is 0 Å². The van der Waals surface area contributed by atoms with Crippen molar-refractivity contribution in [3.8, 4) is 5.75 Å². The van der Waals surface area contributed by atoms with E-state index < -0.39 is 0 Å². The predicted molar refractivity (Wildman–Crippen MR) is 66.1 cm³/mol. The van der Waals surface area contributed by atoms with Gasteiger partial charge in [0.1, 0.15) is 5.75 Å². The summed E-state index contributed by atoms with van der Waals surface area (Å²) in [5, 5.41) is 18.5. The average molecular weight is 236 g/mol. The van der Waals surface area contributed by atoms with Crippen LogP contribution in [0.5, 0.6) is 5.75 Å². The molecule has 3 nitrogen and oxygen atoms in total. The highest BCUT2D eigenvalue weighted by atomic mass is 16.5. The van der Waals surface area contributed by atoms with Crippen LogP contribution in [0, 0.1) is 5.92 Å². The summed E-state index contributed by atoms with van der Waals surface area (Å²) in [5.41, 5.74) is 1.21. The molecule has 0 radical (unpaired) electrons. The number of aliphatic hydroxyl groups excluding tert-OH is 1. The molecule has 1 fully saturated rings. The van der Waals surface area contributed by atoms with Gasteiger partial charge in [0.15, 0.2) is 0 Å². The quantitative estimate of drug-likeness (QED) is 0.843. The number of phenols is 1. The Bertz CT molecular complexity index is 328. The molecule has 17 heavy (non-hydrogen) atoms. The molecule has 0 amide bonds. The molecule has 1 aliphatic heterocycles. The first kappa shape index (κ1) is 12.4. The van der Waals surface area contributed by atoms with E-state index in [2.05, 4.69) is 0 Å². The summed E-state index contributed by atoms with van der Waals surface area (Å²) in [6, 6.07) is 7.37. The van der Waals surface area contributed by atoms with Crippen molar-refractivity contribution >= 4 is 0 Å². The van der Waals surface area contributed by atoms with E-state index in [1.165, 1.54) is 5.56 Å². The topological polar surface area (TPSA) is 49.7 Å². The van der Waals surface area contributed by atoms with Gasteiger partial charge in [0.2, 0.25) is 0 Å². The fraction of sp³-hybridized carbons (Fsp3) is 0.571. The Morgan fingerprint density at radius 2 is 1.82 bits per heavy atom. The van der Waals surface area contributed by atoms with Crippen molar-refractivity contribution in [1.29, 1.82) is 0 Å². The molecule has 2 N–H and O–H groups in total. The first-order valence-corrected chi connectivity index (χ1v) is 6.29. The van der Waals surface area contributed by atoms with Crippen molar-refractivity contribution in [2.24, 2.45) is 5.92 Å². The molecule has 0 spiro atoms. The first-order valence-electron chi connectivity index (χ1n) is 6.29. The van der Waals surface area contributed by atoms with Crippen LogP contribution < -0.4 is 0 Å². The second kappa shape index (κ2) is 6.03. The summed E-state index contributed by atoms with van der Waals surface area (Å²) < 4.78 is 5.38. The third kappa shape index (κ3) is 3.20. The van der Waals surface area contributed by atoms with Crippen LogP contribution in [0.3, 0.4) is 0 Å². The molecule has 1 unspecified atom stereocenters. The number of aliphatic hydroxyl groups is 1. The van der Waals surface area contributed by atoms with Crippen molar-refractivity contribution in [3.05, 3.63) is 29.8 Å². The SMILES string of the molecule is OCCC(c1ccc(O)cc1)C1CCOCC1. The molecule has 1 heterocycles. The molecule has 2 rings (SSSR count). The lowest BCUT2D eigenvalue weighted by Gasteiger charge is -2.30. The molecule has 1 saturated heterocycles. The predicted octanol–water partition coefficient (Wildman–Crippen LogP) is 2.28. The first-order chi connectivity index (χ1) is 8.31. The Morgan fingerprint density at radius 1 is 1.18 bits per heavy atom. The zero-order chi connectivity index (χ0) is 12.1. The van der Waals surface area contributed by atoms with Gasteiger partial charge in [-0.25, -0.2) is 0 Å². The Morgan fingerprint density at radius 3 is 2.41 bits per heavy atom. The van der Waals surface area contributed by atoms with E-state index in [1.807, 2.05) is 12.1 Å². The maximum Gasteiger partial charge on any atom is 0.115 e. The zero-order valence-electron chi connectivity index (χ0n) is 10.0. The van der Waals surface area contributed by atoms with E-state index >= 15 is 0 Å². The van der Waals surface area contributed by atoms with E-state index in [4.69, 9.17) is 4.74 Å².